The minimum absolute atomic E-state index is 0.375. The maximum Gasteiger partial charge on any atom is 0.147 e. The van der Waals surface area contributed by atoms with Gasteiger partial charge in [0.25, 0.3) is 0 Å². The number of halogens is 2. The van der Waals surface area contributed by atoms with Gasteiger partial charge in [-0.3, -0.25) is 0 Å². The summed E-state index contributed by atoms with van der Waals surface area (Å²) in [5.41, 5.74) is 0. The molecule has 0 atom stereocenters. The molecular formula is C15H12BrClN2O. The summed E-state index contributed by atoms with van der Waals surface area (Å²) in [6, 6.07) is 12.2. The van der Waals surface area contributed by atoms with Crippen LogP contribution in [0.4, 0.5) is 0 Å². The quantitative estimate of drug-likeness (QED) is 0.691. The first-order valence-electron chi connectivity index (χ1n) is 6.13. The highest BCUT2D eigenvalue weighted by Gasteiger charge is 2.09. The lowest BCUT2D eigenvalue weighted by atomic mass is 10.1. The molecule has 0 aliphatic heterocycles. The lowest BCUT2D eigenvalue weighted by Gasteiger charge is -2.10. The van der Waals surface area contributed by atoms with Crippen LogP contribution in [-0.4, -0.2) is 9.55 Å². The van der Waals surface area contributed by atoms with Crippen molar-refractivity contribution in [1.82, 2.24) is 9.55 Å². The van der Waals surface area contributed by atoms with Crippen LogP contribution >= 0.6 is 27.5 Å². The van der Waals surface area contributed by atoms with Gasteiger partial charge in [0.15, 0.2) is 0 Å². The first kappa shape index (κ1) is 13.5. The molecular weight excluding hydrogens is 340 g/mol. The summed E-state index contributed by atoms with van der Waals surface area (Å²) in [7, 11) is 1.86. The number of nitrogens with zero attached hydrogens (tertiary/aromatic N) is 2. The fourth-order valence-electron chi connectivity index (χ4n) is 2.03. The molecule has 0 aliphatic rings. The first-order chi connectivity index (χ1) is 9.66. The van der Waals surface area contributed by atoms with Crippen LogP contribution in [0.25, 0.3) is 10.8 Å². The van der Waals surface area contributed by atoms with Crippen molar-refractivity contribution >= 4 is 38.3 Å². The van der Waals surface area contributed by atoms with Gasteiger partial charge in [0.05, 0.1) is 10.7 Å². The highest BCUT2D eigenvalue weighted by molar-refractivity contribution is 9.10. The fraction of sp³-hybridized carbons (Fsp3) is 0.133. The van der Waals surface area contributed by atoms with Crippen LogP contribution in [0.3, 0.4) is 0 Å². The van der Waals surface area contributed by atoms with E-state index in [9.17, 15) is 0 Å². The Bertz CT molecular complexity index is 770. The lowest BCUT2D eigenvalue weighted by molar-refractivity contribution is 0.290. The summed E-state index contributed by atoms with van der Waals surface area (Å²) >= 11 is 9.56. The van der Waals surface area contributed by atoms with E-state index in [1.807, 2.05) is 31.3 Å². The SMILES string of the molecule is Cn1c(Cl)cnc1COc1ccc2ccccc2c1Br. The highest BCUT2D eigenvalue weighted by Crippen LogP contribution is 2.33. The number of rotatable bonds is 3. The van der Waals surface area contributed by atoms with Crippen LogP contribution < -0.4 is 4.74 Å². The predicted octanol–water partition coefficient (Wildman–Crippen LogP) is 4.57. The van der Waals surface area contributed by atoms with Gasteiger partial charge in [-0.15, -0.1) is 0 Å². The maximum atomic E-state index is 5.96. The fourth-order valence-corrected chi connectivity index (χ4v) is 2.78. The topological polar surface area (TPSA) is 27.1 Å². The predicted molar refractivity (Wildman–Crippen MR) is 84.2 cm³/mol. The minimum atomic E-state index is 0.375. The number of benzene rings is 2. The molecule has 0 unspecified atom stereocenters. The van der Waals surface area contributed by atoms with Crippen LogP contribution in [0.15, 0.2) is 47.1 Å². The third-order valence-corrected chi connectivity index (χ3v) is 4.38. The minimum Gasteiger partial charge on any atom is -0.484 e. The molecule has 0 radical (unpaired) electrons. The van der Waals surface area contributed by atoms with E-state index >= 15 is 0 Å². The first-order valence-corrected chi connectivity index (χ1v) is 7.30. The Balaban J connectivity index is 1.88. The number of hydrogen-bond acceptors (Lipinski definition) is 2. The Hall–Kier alpha value is -1.52. The van der Waals surface area contributed by atoms with Crippen LogP contribution in [0, 0.1) is 0 Å². The van der Waals surface area contributed by atoms with Gasteiger partial charge >= 0.3 is 0 Å². The molecule has 0 N–H and O–H groups in total. The zero-order valence-corrected chi connectivity index (χ0v) is 13.1. The van der Waals surface area contributed by atoms with E-state index in [4.69, 9.17) is 16.3 Å². The van der Waals surface area contributed by atoms with Gasteiger partial charge in [-0.05, 0) is 32.8 Å². The zero-order chi connectivity index (χ0) is 14.1. The van der Waals surface area contributed by atoms with Gasteiger partial charge in [0.1, 0.15) is 23.3 Å². The van der Waals surface area contributed by atoms with E-state index in [1.54, 1.807) is 10.8 Å². The van der Waals surface area contributed by atoms with Crippen molar-refractivity contribution in [2.45, 2.75) is 6.61 Å². The molecule has 2 aromatic carbocycles. The van der Waals surface area contributed by atoms with Crippen molar-refractivity contribution in [2.24, 2.45) is 7.05 Å². The van der Waals surface area contributed by atoms with Crippen molar-refractivity contribution in [3.8, 4) is 5.75 Å². The summed E-state index contributed by atoms with van der Waals surface area (Å²) in [5, 5.41) is 2.90. The molecule has 0 saturated heterocycles. The molecule has 5 heteroatoms. The van der Waals surface area contributed by atoms with E-state index in [-0.39, 0.29) is 0 Å². The molecule has 0 saturated carbocycles. The summed E-state index contributed by atoms with van der Waals surface area (Å²) in [4.78, 5) is 4.21. The third kappa shape index (κ3) is 2.41. The molecule has 3 aromatic rings. The third-order valence-electron chi connectivity index (χ3n) is 3.21. The molecule has 3 rings (SSSR count). The summed E-state index contributed by atoms with van der Waals surface area (Å²) in [6.07, 6.45) is 1.62. The molecule has 0 aliphatic carbocycles. The second kappa shape index (κ2) is 5.46. The molecule has 0 amide bonds. The highest BCUT2D eigenvalue weighted by atomic mass is 79.9. The average Bonchev–Trinajstić information content (AvgIpc) is 2.79. The molecule has 102 valence electrons. The van der Waals surface area contributed by atoms with Gasteiger partial charge in [-0.2, -0.15) is 0 Å². The van der Waals surface area contributed by atoms with Gasteiger partial charge in [0, 0.05) is 7.05 Å². The Kier molecular flexibility index (Phi) is 3.68. The van der Waals surface area contributed by atoms with Crippen molar-refractivity contribution in [2.75, 3.05) is 0 Å². The van der Waals surface area contributed by atoms with Crippen LogP contribution in [-0.2, 0) is 13.7 Å². The van der Waals surface area contributed by atoms with Crippen molar-refractivity contribution in [1.29, 1.82) is 0 Å². The Labute approximate surface area is 130 Å². The van der Waals surface area contributed by atoms with Crippen LogP contribution in [0.1, 0.15) is 5.82 Å². The van der Waals surface area contributed by atoms with E-state index in [0.717, 1.165) is 21.4 Å². The summed E-state index contributed by atoms with van der Waals surface area (Å²) in [6.45, 7) is 0.375. The van der Waals surface area contributed by atoms with Crippen LogP contribution in [0.2, 0.25) is 5.15 Å². The number of aromatic nitrogens is 2. The Morgan fingerprint density at radius 1 is 1.25 bits per heavy atom. The van der Waals surface area contributed by atoms with Crippen molar-refractivity contribution < 1.29 is 4.74 Å². The lowest BCUT2D eigenvalue weighted by Crippen LogP contribution is -2.04. The standard InChI is InChI=1S/C15H12BrClN2O/c1-19-13(17)8-18-14(19)9-20-12-7-6-10-4-2-3-5-11(10)15(12)16/h2-8H,9H2,1H3. The molecule has 0 bridgehead atoms. The van der Waals surface area contributed by atoms with E-state index in [0.29, 0.717) is 11.8 Å². The van der Waals surface area contributed by atoms with Gasteiger partial charge in [-0.1, -0.05) is 41.9 Å². The van der Waals surface area contributed by atoms with E-state index in [2.05, 4.69) is 33.0 Å². The summed E-state index contributed by atoms with van der Waals surface area (Å²) in [5.74, 6) is 1.58. The normalized spacial score (nSPS) is 10.9. The maximum absolute atomic E-state index is 5.96. The molecule has 0 fully saturated rings. The van der Waals surface area contributed by atoms with Gasteiger partial charge in [-0.25, -0.2) is 4.98 Å². The van der Waals surface area contributed by atoms with Gasteiger partial charge < -0.3 is 9.30 Å². The van der Waals surface area contributed by atoms with Crippen LogP contribution in [0.5, 0.6) is 5.75 Å². The molecule has 1 aromatic heterocycles. The Morgan fingerprint density at radius 2 is 2.05 bits per heavy atom. The number of fused-ring (bicyclic) bond motifs is 1. The Morgan fingerprint density at radius 3 is 2.80 bits per heavy atom. The number of hydrogen-bond donors (Lipinski definition) is 0. The zero-order valence-electron chi connectivity index (χ0n) is 10.8. The molecule has 20 heavy (non-hydrogen) atoms. The molecule has 3 nitrogen and oxygen atoms in total. The second-order valence-electron chi connectivity index (χ2n) is 4.44. The van der Waals surface area contributed by atoms with Gasteiger partial charge in [0.2, 0.25) is 0 Å². The number of ether oxygens (including phenoxy) is 1. The molecule has 0 spiro atoms. The largest absolute Gasteiger partial charge is 0.484 e. The van der Waals surface area contributed by atoms with E-state index in [1.165, 1.54) is 5.39 Å². The van der Waals surface area contributed by atoms with E-state index < -0.39 is 0 Å². The van der Waals surface area contributed by atoms with Crippen molar-refractivity contribution in [3.63, 3.8) is 0 Å². The number of imidazole rings is 1. The molecule has 1 heterocycles. The summed E-state index contributed by atoms with van der Waals surface area (Å²) < 4.78 is 8.59. The smallest absolute Gasteiger partial charge is 0.147 e. The monoisotopic (exact) mass is 350 g/mol. The second-order valence-corrected chi connectivity index (χ2v) is 5.62. The average molecular weight is 352 g/mol. The van der Waals surface area contributed by atoms with Crippen molar-refractivity contribution in [3.05, 3.63) is 58.0 Å².